The molecule has 0 bridgehead atoms. The predicted octanol–water partition coefficient (Wildman–Crippen LogP) is 3.60. The Labute approximate surface area is 163 Å². The third kappa shape index (κ3) is 4.04. The van der Waals surface area contributed by atoms with E-state index in [9.17, 15) is 19.7 Å². The molecular weight excluding hydrogens is 396 g/mol. The third-order valence-corrected chi connectivity index (χ3v) is 5.55. The highest BCUT2D eigenvalue weighted by Gasteiger charge is 2.28. The summed E-state index contributed by atoms with van der Waals surface area (Å²) in [6.07, 6.45) is 2.62. The molecule has 1 heterocycles. The van der Waals surface area contributed by atoms with Gasteiger partial charge in [0.15, 0.2) is 6.61 Å². The van der Waals surface area contributed by atoms with Crippen LogP contribution in [0.2, 0.25) is 5.02 Å². The van der Waals surface area contributed by atoms with Crippen LogP contribution in [0.1, 0.15) is 27.2 Å². The van der Waals surface area contributed by atoms with Crippen LogP contribution in [0.15, 0.2) is 18.2 Å². The summed E-state index contributed by atoms with van der Waals surface area (Å²) in [5.41, 5.74) is 1.16. The summed E-state index contributed by atoms with van der Waals surface area (Å²) in [5, 5.41) is 13.9. The van der Waals surface area contributed by atoms with E-state index in [1.807, 2.05) is 0 Å². The van der Waals surface area contributed by atoms with Gasteiger partial charge in [-0.2, -0.15) is 0 Å². The number of methoxy groups -OCH3 is 1. The van der Waals surface area contributed by atoms with E-state index >= 15 is 0 Å². The van der Waals surface area contributed by atoms with Crippen LogP contribution in [0.25, 0.3) is 0 Å². The van der Waals surface area contributed by atoms with E-state index in [1.54, 1.807) is 0 Å². The minimum Gasteiger partial charge on any atom is -0.482 e. The number of nitro benzene ring substituents is 1. The lowest BCUT2D eigenvalue weighted by molar-refractivity contribution is -0.384. The first kappa shape index (κ1) is 19.1. The molecule has 1 N–H and O–H groups in total. The number of nitro groups is 1. The number of carbonyl (C=O) groups excluding carboxylic acids is 2. The second kappa shape index (κ2) is 7.93. The molecule has 3 rings (SSSR count). The first-order valence-electron chi connectivity index (χ1n) is 8.00. The molecule has 0 radical (unpaired) electrons. The Hall–Kier alpha value is -2.65. The molecule has 0 saturated heterocycles. The van der Waals surface area contributed by atoms with Gasteiger partial charge in [-0.1, -0.05) is 11.6 Å². The maximum absolute atomic E-state index is 12.2. The molecule has 0 spiro atoms. The number of hydrogen-bond acceptors (Lipinski definition) is 7. The van der Waals surface area contributed by atoms with Crippen molar-refractivity contribution < 1.29 is 24.0 Å². The molecule has 27 heavy (non-hydrogen) atoms. The second-order valence-corrected chi connectivity index (χ2v) is 7.27. The maximum atomic E-state index is 12.2. The lowest BCUT2D eigenvalue weighted by Gasteiger charge is -2.09. The van der Waals surface area contributed by atoms with Crippen LogP contribution in [0, 0.1) is 10.1 Å². The van der Waals surface area contributed by atoms with E-state index in [-0.39, 0.29) is 23.1 Å². The summed E-state index contributed by atoms with van der Waals surface area (Å²) in [5.74, 6) is -0.808. The molecule has 10 heteroatoms. The zero-order valence-electron chi connectivity index (χ0n) is 14.2. The number of carbonyl (C=O) groups is 2. The molecule has 0 unspecified atom stereocenters. The van der Waals surface area contributed by atoms with E-state index in [1.165, 1.54) is 30.6 Å². The lowest BCUT2D eigenvalue weighted by Crippen LogP contribution is -2.21. The molecule has 1 aliphatic rings. The number of thiophene rings is 1. The van der Waals surface area contributed by atoms with Crippen molar-refractivity contribution in [1.29, 1.82) is 0 Å². The average molecular weight is 411 g/mol. The summed E-state index contributed by atoms with van der Waals surface area (Å²) < 4.78 is 10.2. The summed E-state index contributed by atoms with van der Waals surface area (Å²) in [4.78, 5) is 35.5. The Bertz CT molecular complexity index is 926. The van der Waals surface area contributed by atoms with E-state index in [0.29, 0.717) is 10.6 Å². The van der Waals surface area contributed by atoms with Gasteiger partial charge in [0.2, 0.25) is 0 Å². The van der Waals surface area contributed by atoms with Crippen LogP contribution in [0.5, 0.6) is 5.75 Å². The van der Waals surface area contributed by atoms with Gasteiger partial charge in [0.1, 0.15) is 10.8 Å². The van der Waals surface area contributed by atoms with Gasteiger partial charge in [-0.05, 0) is 30.9 Å². The number of nitrogens with one attached hydrogen (secondary N) is 1. The predicted molar refractivity (Wildman–Crippen MR) is 99.9 cm³/mol. The third-order valence-electron chi connectivity index (χ3n) is 4.05. The van der Waals surface area contributed by atoms with E-state index < -0.39 is 16.8 Å². The molecule has 1 aromatic heterocycles. The van der Waals surface area contributed by atoms with Gasteiger partial charge in [0.05, 0.1) is 22.6 Å². The second-order valence-electron chi connectivity index (χ2n) is 5.76. The monoisotopic (exact) mass is 410 g/mol. The molecule has 2 aromatic rings. The SMILES string of the molecule is COC(=O)c1c(NC(=O)COc2ccc([N+](=O)[O-])cc2Cl)sc2c1CCC2. The van der Waals surface area contributed by atoms with Gasteiger partial charge in [-0.15, -0.1) is 11.3 Å². The number of aryl methyl sites for hydroxylation is 1. The number of non-ortho nitro benzene ring substituents is 1. The minimum atomic E-state index is -0.577. The van der Waals surface area contributed by atoms with Crippen molar-refractivity contribution in [3.63, 3.8) is 0 Å². The van der Waals surface area contributed by atoms with Crippen LogP contribution >= 0.6 is 22.9 Å². The lowest BCUT2D eigenvalue weighted by atomic mass is 10.1. The number of esters is 1. The van der Waals surface area contributed by atoms with Crippen molar-refractivity contribution in [1.82, 2.24) is 0 Å². The Morgan fingerprint density at radius 2 is 2.15 bits per heavy atom. The van der Waals surface area contributed by atoms with Crippen molar-refractivity contribution in [2.45, 2.75) is 19.3 Å². The van der Waals surface area contributed by atoms with Crippen LogP contribution in [-0.4, -0.2) is 30.5 Å². The maximum Gasteiger partial charge on any atom is 0.341 e. The van der Waals surface area contributed by atoms with E-state index in [4.69, 9.17) is 21.1 Å². The molecule has 0 atom stereocenters. The van der Waals surface area contributed by atoms with Crippen LogP contribution < -0.4 is 10.1 Å². The topological polar surface area (TPSA) is 108 Å². The fourth-order valence-corrected chi connectivity index (χ4v) is 4.36. The first-order chi connectivity index (χ1) is 12.9. The number of benzene rings is 1. The molecule has 0 saturated carbocycles. The average Bonchev–Trinajstić information content (AvgIpc) is 3.20. The highest BCUT2D eigenvalue weighted by molar-refractivity contribution is 7.17. The zero-order chi connectivity index (χ0) is 19.6. The van der Waals surface area contributed by atoms with Gasteiger partial charge in [0, 0.05) is 17.0 Å². The Morgan fingerprint density at radius 3 is 2.81 bits per heavy atom. The number of nitrogens with zero attached hydrogens (tertiary/aromatic N) is 1. The van der Waals surface area contributed by atoms with E-state index in [0.717, 1.165) is 35.8 Å². The highest BCUT2D eigenvalue weighted by atomic mass is 35.5. The van der Waals surface area contributed by atoms with Crippen LogP contribution in [0.4, 0.5) is 10.7 Å². The summed E-state index contributed by atoms with van der Waals surface area (Å²) >= 11 is 7.29. The molecule has 1 amide bonds. The number of hydrogen-bond donors (Lipinski definition) is 1. The molecule has 1 aliphatic carbocycles. The van der Waals surface area contributed by atoms with Crippen molar-refractivity contribution in [3.8, 4) is 5.75 Å². The van der Waals surface area contributed by atoms with Gasteiger partial charge >= 0.3 is 5.97 Å². The molecule has 8 nitrogen and oxygen atoms in total. The van der Waals surface area contributed by atoms with Gasteiger partial charge in [-0.3, -0.25) is 14.9 Å². The molecule has 142 valence electrons. The van der Waals surface area contributed by atoms with Crippen molar-refractivity contribution in [2.24, 2.45) is 0 Å². The molecule has 0 aliphatic heterocycles. The zero-order valence-corrected chi connectivity index (χ0v) is 15.8. The minimum absolute atomic E-state index is 0.0300. The number of anilines is 1. The standard InChI is InChI=1S/C17H15ClN2O6S/c1-25-17(22)15-10-3-2-4-13(10)27-16(15)19-14(21)8-26-12-6-5-9(20(23)24)7-11(12)18/h5-7H,2-4,8H2,1H3,(H,19,21). The van der Waals surface area contributed by atoms with Crippen molar-refractivity contribution in [3.05, 3.63) is 49.3 Å². The van der Waals surface area contributed by atoms with E-state index in [2.05, 4.69) is 5.32 Å². The Kier molecular flexibility index (Phi) is 5.62. The number of ether oxygens (including phenoxy) is 2. The van der Waals surface area contributed by atoms with Gasteiger partial charge in [-0.25, -0.2) is 4.79 Å². The normalized spacial score (nSPS) is 12.4. The van der Waals surface area contributed by atoms with Gasteiger partial charge in [0.25, 0.3) is 11.6 Å². The Balaban J connectivity index is 1.69. The number of fused-ring (bicyclic) bond motifs is 1. The Morgan fingerprint density at radius 1 is 1.37 bits per heavy atom. The smallest absolute Gasteiger partial charge is 0.341 e. The fraction of sp³-hybridized carbons (Fsp3) is 0.294. The van der Waals surface area contributed by atoms with Crippen molar-refractivity contribution in [2.75, 3.05) is 19.0 Å². The summed E-state index contributed by atoms with van der Waals surface area (Å²) in [6, 6.07) is 3.71. The summed E-state index contributed by atoms with van der Waals surface area (Å²) in [6.45, 7) is -0.360. The van der Waals surface area contributed by atoms with Crippen LogP contribution in [0.3, 0.4) is 0 Å². The molecule has 1 aromatic carbocycles. The number of halogens is 1. The number of rotatable bonds is 6. The summed E-state index contributed by atoms with van der Waals surface area (Å²) in [7, 11) is 1.30. The van der Waals surface area contributed by atoms with Gasteiger partial charge < -0.3 is 14.8 Å². The molecule has 0 fully saturated rings. The first-order valence-corrected chi connectivity index (χ1v) is 9.19. The number of amides is 1. The van der Waals surface area contributed by atoms with Crippen molar-refractivity contribution >= 4 is 45.5 Å². The molecular formula is C17H15ClN2O6S. The largest absolute Gasteiger partial charge is 0.482 e. The fourth-order valence-electron chi connectivity index (χ4n) is 2.84. The quantitative estimate of drug-likeness (QED) is 0.443. The van der Waals surface area contributed by atoms with Crippen LogP contribution in [-0.2, 0) is 22.4 Å². The highest BCUT2D eigenvalue weighted by Crippen LogP contribution is 2.39.